The monoisotopic (exact) mass is 327 g/mol. The lowest BCUT2D eigenvalue weighted by Gasteiger charge is -2.01. The van der Waals surface area contributed by atoms with Crippen LogP contribution in [-0.4, -0.2) is 25.9 Å². The summed E-state index contributed by atoms with van der Waals surface area (Å²) < 4.78 is 15.7. The fraction of sp³-hybridized carbons (Fsp3) is 0.182. The van der Waals surface area contributed by atoms with Crippen LogP contribution < -0.4 is 11.4 Å². The van der Waals surface area contributed by atoms with Gasteiger partial charge >= 0.3 is 5.69 Å². The van der Waals surface area contributed by atoms with Crippen LogP contribution in [0.1, 0.15) is 0 Å². The molecule has 0 bridgehead atoms. The third-order valence-electron chi connectivity index (χ3n) is 2.46. The number of hydrogen-bond acceptors (Lipinski definition) is 4. The van der Waals surface area contributed by atoms with Gasteiger partial charge in [-0.2, -0.15) is 5.10 Å². The van der Waals surface area contributed by atoms with Crippen molar-refractivity contribution in [3.63, 3.8) is 0 Å². The van der Waals surface area contributed by atoms with E-state index in [1.807, 2.05) is 0 Å². The van der Waals surface area contributed by atoms with Crippen LogP contribution in [0, 0.1) is 0 Å². The Morgan fingerprint density at radius 2 is 2.32 bits per heavy atom. The van der Waals surface area contributed by atoms with E-state index in [0.29, 0.717) is 12.1 Å². The molecule has 0 radical (unpaired) electrons. The third-order valence-corrected chi connectivity index (χ3v) is 2.93. The summed E-state index contributed by atoms with van der Waals surface area (Å²) in [6.45, 7) is 0.0572. The molecule has 0 atom stereocenters. The zero-order valence-electron chi connectivity index (χ0n) is 9.83. The van der Waals surface area contributed by atoms with Crippen molar-refractivity contribution < 1.29 is 4.39 Å². The Kier molecular flexibility index (Phi) is 4.23. The highest BCUT2D eigenvalue weighted by molar-refractivity contribution is 9.10. The van der Waals surface area contributed by atoms with Gasteiger partial charge in [-0.15, -0.1) is 0 Å². The van der Waals surface area contributed by atoms with E-state index in [1.165, 1.54) is 10.9 Å². The van der Waals surface area contributed by atoms with Crippen molar-refractivity contribution in [3.05, 3.63) is 51.5 Å². The Balaban J connectivity index is 2.33. The molecular formula is C11H11BrFN5O. The smallest absolute Gasteiger partial charge is 0.327 e. The van der Waals surface area contributed by atoms with Crippen molar-refractivity contribution in [2.45, 2.75) is 6.54 Å². The number of nitrogens with zero attached hydrogens (tertiary/aromatic N) is 4. The number of nitrogens with two attached hydrogens (primary N) is 1. The number of rotatable bonds is 4. The molecule has 19 heavy (non-hydrogen) atoms. The van der Waals surface area contributed by atoms with Crippen molar-refractivity contribution in [2.75, 3.05) is 6.54 Å². The minimum atomic E-state index is -0.400. The predicted octanol–water partition coefficient (Wildman–Crippen LogP) is 1.00. The van der Waals surface area contributed by atoms with E-state index in [4.69, 9.17) is 5.73 Å². The molecule has 0 saturated carbocycles. The van der Waals surface area contributed by atoms with Crippen LogP contribution in [-0.2, 0) is 6.54 Å². The van der Waals surface area contributed by atoms with Crippen LogP contribution in [0.25, 0.3) is 5.82 Å². The molecule has 0 saturated heterocycles. The SMILES string of the molecule is NC/C(=C/F)Cn1ncn(-c2ccc(Br)cn2)c1=O. The first-order chi connectivity index (χ1) is 9.15. The predicted molar refractivity (Wildman–Crippen MR) is 71.6 cm³/mol. The van der Waals surface area contributed by atoms with Crippen LogP contribution in [0.2, 0.25) is 0 Å². The van der Waals surface area contributed by atoms with Crippen molar-refractivity contribution in [1.29, 1.82) is 0 Å². The van der Waals surface area contributed by atoms with Crippen LogP contribution in [0.4, 0.5) is 4.39 Å². The molecule has 6 nitrogen and oxygen atoms in total. The molecule has 2 N–H and O–H groups in total. The fourth-order valence-corrected chi connectivity index (χ4v) is 1.68. The van der Waals surface area contributed by atoms with Crippen molar-refractivity contribution in [2.24, 2.45) is 5.73 Å². The summed E-state index contributed by atoms with van der Waals surface area (Å²) in [6.07, 6.45) is 3.31. The molecule has 0 spiro atoms. The largest absolute Gasteiger partial charge is 0.351 e. The molecule has 0 aliphatic rings. The second-order valence-electron chi connectivity index (χ2n) is 3.75. The van der Waals surface area contributed by atoms with E-state index in [-0.39, 0.29) is 18.7 Å². The lowest BCUT2D eigenvalue weighted by atomic mass is 10.3. The molecule has 100 valence electrons. The number of halogens is 2. The van der Waals surface area contributed by atoms with Crippen molar-refractivity contribution >= 4 is 15.9 Å². The summed E-state index contributed by atoms with van der Waals surface area (Å²) in [4.78, 5) is 16.1. The van der Waals surface area contributed by atoms with Gasteiger partial charge in [-0.1, -0.05) is 0 Å². The molecule has 8 heteroatoms. The molecule has 2 aromatic heterocycles. The maximum Gasteiger partial charge on any atom is 0.351 e. The van der Waals surface area contributed by atoms with Gasteiger partial charge in [-0.3, -0.25) is 0 Å². The standard InChI is InChI=1S/C11H11BrFN5O/c12-9-1-2-10(15-5-9)17-7-16-18(11(17)19)6-8(3-13)4-14/h1-3,5,7H,4,6,14H2/b8-3-. The Labute approximate surface area is 116 Å². The summed E-state index contributed by atoms with van der Waals surface area (Å²) in [5, 5.41) is 3.90. The Hall–Kier alpha value is -1.80. The minimum Gasteiger partial charge on any atom is -0.327 e. The maximum absolute atomic E-state index is 12.4. The summed E-state index contributed by atoms with van der Waals surface area (Å²) in [6, 6.07) is 3.44. The van der Waals surface area contributed by atoms with Crippen molar-refractivity contribution in [3.8, 4) is 5.82 Å². The van der Waals surface area contributed by atoms with Gasteiger partial charge in [-0.05, 0) is 33.6 Å². The second kappa shape index (κ2) is 5.89. The first-order valence-corrected chi connectivity index (χ1v) is 6.19. The van der Waals surface area contributed by atoms with E-state index < -0.39 is 5.69 Å². The first-order valence-electron chi connectivity index (χ1n) is 5.40. The molecule has 2 heterocycles. The maximum atomic E-state index is 12.4. The summed E-state index contributed by atoms with van der Waals surface area (Å²) >= 11 is 3.26. The molecule has 0 fully saturated rings. The van der Waals surface area contributed by atoms with Gasteiger partial charge in [0.2, 0.25) is 0 Å². The van der Waals surface area contributed by atoms with Gasteiger partial charge < -0.3 is 5.73 Å². The summed E-state index contributed by atoms with van der Waals surface area (Å²) in [5.74, 6) is 0.443. The van der Waals surface area contributed by atoms with E-state index in [1.54, 1.807) is 18.3 Å². The zero-order chi connectivity index (χ0) is 13.8. The average Bonchev–Trinajstić information content (AvgIpc) is 2.78. The lowest BCUT2D eigenvalue weighted by molar-refractivity contribution is 0.612. The van der Waals surface area contributed by atoms with E-state index in [0.717, 1.165) is 9.15 Å². The summed E-state index contributed by atoms with van der Waals surface area (Å²) in [5.41, 5.74) is 5.23. The number of hydrogen-bond donors (Lipinski definition) is 1. The van der Waals surface area contributed by atoms with Crippen LogP contribution in [0.15, 0.2) is 45.8 Å². The molecule has 0 unspecified atom stereocenters. The zero-order valence-corrected chi connectivity index (χ0v) is 11.4. The van der Waals surface area contributed by atoms with Gasteiger partial charge in [-0.25, -0.2) is 23.4 Å². The van der Waals surface area contributed by atoms with E-state index in [9.17, 15) is 9.18 Å². The first kappa shape index (κ1) is 13.6. The Morgan fingerprint density at radius 1 is 1.53 bits per heavy atom. The van der Waals surface area contributed by atoms with Crippen LogP contribution in [0.5, 0.6) is 0 Å². The number of aromatic nitrogens is 4. The highest BCUT2D eigenvalue weighted by atomic mass is 79.9. The van der Waals surface area contributed by atoms with Crippen molar-refractivity contribution in [1.82, 2.24) is 19.3 Å². The van der Waals surface area contributed by atoms with Gasteiger partial charge in [0.1, 0.15) is 12.1 Å². The third kappa shape index (κ3) is 2.96. The Morgan fingerprint density at radius 3 is 2.89 bits per heavy atom. The highest BCUT2D eigenvalue weighted by Gasteiger charge is 2.09. The average molecular weight is 328 g/mol. The molecule has 2 aromatic rings. The molecule has 0 aliphatic carbocycles. The molecule has 0 amide bonds. The minimum absolute atomic E-state index is 0.0232. The molecule has 0 aromatic carbocycles. The van der Waals surface area contributed by atoms with Gasteiger partial charge in [0.05, 0.1) is 12.9 Å². The van der Waals surface area contributed by atoms with Gasteiger partial charge in [0.25, 0.3) is 0 Å². The normalized spacial score (nSPS) is 11.8. The topological polar surface area (TPSA) is 78.7 Å². The highest BCUT2D eigenvalue weighted by Crippen LogP contribution is 2.09. The number of pyridine rings is 1. The molecule has 2 rings (SSSR count). The lowest BCUT2D eigenvalue weighted by Crippen LogP contribution is -2.26. The van der Waals surface area contributed by atoms with E-state index >= 15 is 0 Å². The molecular weight excluding hydrogens is 317 g/mol. The van der Waals surface area contributed by atoms with Gasteiger partial charge in [0, 0.05) is 17.2 Å². The van der Waals surface area contributed by atoms with E-state index in [2.05, 4.69) is 26.0 Å². The second-order valence-corrected chi connectivity index (χ2v) is 4.66. The van der Waals surface area contributed by atoms with Crippen LogP contribution >= 0.6 is 15.9 Å². The molecule has 0 aliphatic heterocycles. The van der Waals surface area contributed by atoms with Gasteiger partial charge in [0.15, 0.2) is 0 Å². The summed E-state index contributed by atoms with van der Waals surface area (Å²) in [7, 11) is 0. The quantitative estimate of drug-likeness (QED) is 0.908. The van der Waals surface area contributed by atoms with Crippen LogP contribution in [0.3, 0.4) is 0 Å². The Bertz CT molecular complexity index is 646. The fourth-order valence-electron chi connectivity index (χ4n) is 1.45.